The number of aromatic nitrogens is 4. The van der Waals surface area contributed by atoms with E-state index < -0.39 is 0 Å². The van der Waals surface area contributed by atoms with Gasteiger partial charge < -0.3 is 14.6 Å². The van der Waals surface area contributed by atoms with Crippen LogP contribution in [0.5, 0.6) is 11.5 Å². The highest BCUT2D eigenvalue weighted by Gasteiger charge is 2.14. The van der Waals surface area contributed by atoms with Gasteiger partial charge in [-0.05, 0) is 58.8 Å². The van der Waals surface area contributed by atoms with Gasteiger partial charge in [-0.3, -0.25) is 0 Å². The first kappa shape index (κ1) is 17.5. The fraction of sp³-hybridized carbons (Fsp3) is 0.100. The maximum Gasteiger partial charge on any atom is 0.243 e. The second-order valence-electron chi connectivity index (χ2n) is 5.86. The minimum absolute atomic E-state index is 0.0301. The Bertz CT molecular complexity index is 1140. The van der Waals surface area contributed by atoms with Gasteiger partial charge >= 0.3 is 0 Å². The molecule has 0 aliphatic carbocycles. The highest BCUT2D eigenvalue weighted by Crippen LogP contribution is 2.27. The predicted molar refractivity (Wildman–Crippen MR) is 103 cm³/mol. The Kier molecular flexibility index (Phi) is 4.59. The molecule has 0 amide bonds. The lowest BCUT2D eigenvalue weighted by Crippen LogP contribution is -1.96. The smallest absolute Gasteiger partial charge is 0.243 e. The van der Waals surface area contributed by atoms with E-state index in [0.717, 1.165) is 11.3 Å². The average molecular weight is 376 g/mol. The molecule has 0 bridgehead atoms. The van der Waals surface area contributed by atoms with Gasteiger partial charge in [-0.2, -0.15) is 0 Å². The van der Waals surface area contributed by atoms with Crippen molar-refractivity contribution in [2.75, 3.05) is 14.2 Å². The van der Waals surface area contributed by atoms with Gasteiger partial charge in [0.05, 0.1) is 25.6 Å². The van der Waals surface area contributed by atoms with Gasteiger partial charge in [0.15, 0.2) is 0 Å². The summed E-state index contributed by atoms with van der Waals surface area (Å²) in [6.07, 6.45) is 1.53. The zero-order chi connectivity index (χ0) is 19.5. The number of methoxy groups -OCH3 is 2. The Morgan fingerprint density at radius 2 is 1.43 bits per heavy atom. The Morgan fingerprint density at radius 1 is 0.857 bits per heavy atom. The molecule has 0 fully saturated rings. The van der Waals surface area contributed by atoms with E-state index in [4.69, 9.17) is 14.1 Å². The van der Waals surface area contributed by atoms with Crippen molar-refractivity contribution >= 4 is 23.1 Å². The molecule has 8 heteroatoms. The lowest BCUT2D eigenvalue weighted by atomic mass is 10.1. The van der Waals surface area contributed by atoms with Crippen LogP contribution in [0.2, 0.25) is 0 Å². The molecule has 140 valence electrons. The Labute approximate surface area is 160 Å². The van der Waals surface area contributed by atoms with Crippen molar-refractivity contribution in [1.29, 1.82) is 0 Å². The molecular weight excluding hydrogens is 360 g/mol. The van der Waals surface area contributed by atoms with E-state index in [-0.39, 0.29) is 17.1 Å². The number of hydrogen-bond acceptors (Lipinski definition) is 8. The molecule has 2 aromatic heterocycles. The summed E-state index contributed by atoms with van der Waals surface area (Å²) in [4.78, 5) is 8.92. The SMILES string of the molecule is COc1ccc(C(O)=Cc2nc3nonc3nc2-c2ccc(OC)cc2)cc1. The summed E-state index contributed by atoms with van der Waals surface area (Å²) in [5.74, 6) is 1.45. The number of nitrogens with zero attached hydrogens (tertiary/aromatic N) is 4. The molecule has 2 aromatic carbocycles. The van der Waals surface area contributed by atoms with E-state index in [9.17, 15) is 5.11 Å². The van der Waals surface area contributed by atoms with E-state index in [1.807, 2.05) is 24.3 Å². The highest BCUT2D eigenvalue weighted by atomic mass is 16.6. The third-order valence-electron chi connectivity index (χ3n) is 4.16. The molecule has 0 saturated carbocycles. The molecule has 0 spiro atoms. The number of aliphatic hydroxyl groups is 1. The summed E-state index contributed by atoms with van der Waals surface area (Å²) < 4.78 is 15.1. The second kappa shape index (κ2) is 7.36. The van der Waals surface area contributed by atoms with Crippen LogP contribution in [0.25, 0.3) is 34.4 Å². The van der Waals surface area contributed by atoms with Crippen molar-refractivity contribution in [3.05, 3.63) is 59.8 Å². The van der Waals surface area contributed by atoms with Crippen molar-refractivity contribution in [3.63, 3.8) is 0 Å². The molecule has 28 heavy (non-hydrogen) atoms. The lowest BCUT2D eigenvalue weighted by Gasteiger charge is -2.07. The minimum Gasteiger partial charge on any atom is -0.507 e. The van der Waals surface area contributed by atoms with Crippen molar-refractivity contribution in [1.82, 2.24) is 20.3 Å². The number of hydrogen-bond donors (Lipinski definition) is 1. The van der Waals surface area contributed by atoms with E-state index in [1.165, 1.54) is 6.08 Å². The monoisotopic (exact) mass is 376 g/mol. The standard InChI is InChI=1S/C20H16N4O4/c1-26-14-7-3-12(4-8-14)17(25)11-16-18(13-5-9-15(27-2)10-6-13)22-20-19(21-16)23-28-24-20/h3-11,25H,1-2H3. The van der Waals surface area contributed by atoms with Crippen molar-refractivity contribution < 1.29 is 19.2 Å². The fourth-order valence-corrected chi connectivity index (χ4v) is 2.69. The van der Waals surface area contributed by atoms with Gasteiger partial charge in [0.1, 0.15) is 17.3 Å². The largest absolute Gasteiger partial charge is 0.507 e. The quantitative estimate of drug-likeness (QED) is 0.525. The number of rotatable bonds is 5. The molecule has 0 saturated heterocycles. The molecule has 0 atom stereocenters. The summed E-state index contributed by atoms with van der Waals surface area (Å²) in [7, 11) is 3.19. The molecule has 8 nitrogen and oxygen atoms in total. The zero-order valence-electron chi connectivity index (χ0n) is 15.2. The fourth-order valence-electron chi connectivity index (χ4n) is 2.69. The molecule has 1 N–H and O–H groups in total. The van der Waals surface area contributed by atoms with Crippen LogP contribution in [-0.2, 0) is 0 Å². The number of fused-ring (bicyclic) bond motifs is 1. The first-order valence-corrected chi connectivity index (χ1v) is 8.38. The molecule has 4 rings (SSSR count). The third-order valence-corrected chi connectivity index (χ3v) is 4.16. The Morgan fingerprint density at radius 3 is 2.04 bits per heavy atom. The maximum absolute atomic E-state index is 10.6. The van der Waals surface area contributed by atoms with Crippen LogP contribution >= 0.6 is 0 Å². The summed E-state index contributed by atoms with van der Waals surface area (Å²) in [6.45, 7) is 0. The Balaban J connectivity index is 1.81. The molecule has 0 aliphatic heterocycles. The average Bonchev–Trinajstić information content (AvgIpc) is 3.20. The van der Waals surface area contributed by atoms with Crippen LogP contribution in [0.4, 0.5) is 0 Å². The third kappa shape index (κ3) is 3.35. The summed E-state index contributed by atoms with van der Waals surface area (Å²) in [5, 5.41) is 18.1. The van der Waals surface area contributed by atoms with Crippen LogP contribution in [0.15, 0.2) is 53.2 Å². The summed E-state index contributed by atoms with van der Waals surface area (Å²) >= 11 is 0. The van der Waals surface area contributed by atoms with Crippen LogP contribution in [0.1, 0.15) is 11.3 Å². The van der Waals surface area contributed by atoms with Crippen molar-refractivity contribution in [2.45, 2.75) is 0 Å². The van der Waals surface area contributed by atoms with Crippen LogP contribution in [-0.4, -0.2) is 39.6 Å². The molecule has 0 unspecified atom stereocenters. The van der Waals surface area contributed by atoms with E-state index in [1.54, 1.807) is 38.5 Å². The minimum atomic E-state index is 0.0301. The van der Waals surface area contributed by atoms with Gasteiger partial charge in [0, 0.05) is 17.2 Å². The van der Waals surface area contributed by atoms with E-state index in [0.29, 0.717) is 22.7 Å². The Hall–Kier alpha value is -3.94. The van der Waals surface area contributed by atoms with Gasteiger partial charge in [0.2, 0.25) is 11.3 Å². The summed E-state index contributed by atoms with van der Waals surface area (Å²) in [5.41, 5.74) is 2.90. The lowest BCUT2D eigenvalue weighted by molar-refractivity contribution is 0.314. The first-order valence-electron chi connectivity index (χ1n) is 8.38. The van der Waals surface area contributed by atoms with E-state index >= 15 is 0 Å². The topological polar surface area (TPSA) is 103 Å². The number of ether oxygens (including phenoxy) is 2. The summed E-state index contributed by atoms with van der Waals surface area (Å²) in [6, 6.07) is 14.4. The van der Waals surface area contributed by atoms with E-state index in [2.05, 4.69) is 20.3 Å². The normalized spacial score (nSPS) is 11.6. The van der Waals surface area contributed by atoms with Crippen LogP contribution in [0.3, 0.4) is 0 Å². The number of benzene rings is 2. The molecular formula is C20H16N4O4. The molecule has 0 aliphatic rings. The molecule has 0 radical (unpaired) electrons. The van der Waals surface area contributed by atoms with Crippen molar-refractivity contribution in [3.8, 4) is 22.8 Å². The highest BCUT2D eigenvalue weighted by molar-refractivity contribution is 5.84. The van der Waals surface area contributed by atoms with Crippen LogP contribution < -0.4 is 9.47 Å². The zero-order valence-corrected chi connectivity index (χ0v) is 15.2. The molecule has 4 aromatic rings. The van der Waals surface area contributed by atoms with Gasteiger partial charge in [0.25, 0.3) is 0 Å². The second-order valence-corrected chi connectivity index (χ2v) is 5.86. The van der Waals surface area contributed by atoms with Crippen molar-refractivity contribution in [2.24, 2.45) is 0 Å². The van der Waals surface area contributed by atoms with Gasteiger partial charge in [-0.1, -0.05) is 0 Å². The number of aliphatic hydroxyl groups excluding tert-OH is 1. The van der Waals surface area contributed by atoms with Gasteiger partial charge in [-0.15, -0.1) is 0 Å². The van der Waals surface area contributed by atoms with Crippen LogP contribution in [0, 0.1) is 0 Å². The van der Waals surface area contributed by atoms with Gasteiger partial charge in [-0.25, -0.2) is 14.6 Å². The first-order chi connectivity index (χ1) is 13.7. The predicted octanol–water partition coefficient (Wildman–Crippen LogP) is 3.75. The maximum atomic E-state index is 10.6. The molecule has 2 heterocycles.